The van der Waals surface area contributed by atoms with Crippen LogP contribution in [0, 0.1) is 6.92 Å². The molecule has 1 saturated heterocycles. The first-order valence-electron chi connectivity index (χ1n) is 5.43. The van der Waals surface area contributed by atoms with Crippen LogP contribution in [0.15, 0.2) is 23.1 Å². The predicted molar refractivity (Wildman–Crippen MR) is 67.5 cm³/mol. The summed E-state index contributed by atoms with van der Waals surface area (Å²) in [6, 6.07) is 5.89. The van der Waals surface area contributed by atoms with E-state index in [1.165, 1.54) is 0 Å². The molecule has 16 heavy (non-hydrogen) atoms. The molecule has 0 aromatic heterocycles. The Bertz CT molecular complexity index is 402. The molecular weight excluding hydrogens is 220 g/mol. The fraction of sp³-hybridized carbons (Fsp3) is 0.417. The van der Waals surface area contributed by atoms with E-state index in [0.717, 1.165) is 35.7 Å². The highest BCUT2D eigenvalue weighted by Crippen LogP contribution is 2.23. The van der Waals surface area contributed by atoms with Gasteiger partial charge in [-0.05, 0) is 37.1 Å². The van der Waals surface area contributed by atoms with Gasteiger partial charge in [-0.25, -0.2) is 0 Å². The Balaban J connectivity index is 1.89. The summed E-state index contributed by atoms with van der Waals surface area (Å²) in [6.45, 7) is 3.84. The van der Waals surface area contributed by atoms with Gasteiger partial charge in [0.2, 0.25) is 5.91 Å². The minimum absolute atomic E-state index is 0.241. The molecular formula is C12H16N2OS. The second-order valence-corrected chi connectivity index (χ2v) is 5.09. The van der Waals surface area contributed by atoms with Gasteiger partial charge in [-0.3, -0.25) is 4.79 Å². The standard InChI is InChI=1S/C12H16N2OS/c1-9-7-10(3-4-11(9)13)16-8-12(15)14-5-2-6-14/h3-4,7H,2,5-6,8,13H2,1H3. The number of anilines is 1. The van der Waals surface area contributed by atoms with Gasteiger partial charge in [-0.2, -0.15) is 0 Å². The van der Waals surface area contributed by atoms with E-state index in [2.05, 4.69) is 0 Å². The Kier molecular flexibility index (Phi) is 3.39. The number of rotatable bonds is 3. The van der Waals surface area contributed by atoms with Crippen LogP contribution in [0.4, 0.5) is 5.69 Å². The van der Waals surface area contributed by atoms with E-state index in [9.17, 15) is 4.79 Å². The van der Waals surface area contributed by atoms with E-state index in [4.69, 9.17) is 5.73 Å². The lowest BCUT2D eigenvalue weighted by Crippen LogP contribution is -2.42. The van der Waals surface area contributed by atoms with Crippen LogP contribution >= 0.6 is 11.8 Å². The van der Waals surface area contributed by atoms with Gasteiger partial charge in [0, 0.05) is 23.7 Å². The van der Waals surface area contributed by atoms with E-state index >= 15 is 0 Å². The minimum atomic E-state index is 0.241. The first kappa shape index (κ1) is 11.3. The number of nitrogens with two attached hydrogens (primary N) is 1. The quantitative estimate of drug-likeness (QED) is 0.644. The molecule has 0 radical (unpaired) electrons. The fourth-order valence-electron chi connectivity index (χ4n) is 1.54. The number of thioether (sulfide) groups is 1. The van der Waals surface area contributed by atoms with Gasteiger partial charge in [-0.15, -0.1) is 11.8 Å². The third-order valence-corrected chi connectivity index (χ3v) is 3.79. The molecule has 1 aromatic rings. The second-order valence-electron chi connectivity index (χ2n) is 4.04. The van der Waals surface area contributed by atoms with Crippen molar-refractivity contribution >= 4 is 23.4 Å². The first-order chi connectivity index (χ1) is 7.66. The number of likely N-dealkylation sites (tertiary alicyclic amines) is 1. The van der Waals surface area contributed by atoms with Gasteiger partial charge >= 0.3 is 0 Å². The molecule has 0 saturated carbocycles. The summed E-state index contributed by atoms with van der Waals surface area (Å²) >= 11 is 1.58. The van der Waals surface area contributed by atoms with Gasteiger partial charge in [0.05, 0.1) is 5.75 Å². The molecule has 1 aromatic carbocycles. The van der Waals surface area contributed by atoms with Crippen LogP contribution < -0.4 is 5.73 Å². The van der Waals surface area contributed by atoms with Crippen molar-refractivity contribution in [1.82, 2.24) is 4.90 Å². The van der Waals surface area contributed by atoms with Crippen molar-refractivity contribution in [3.05, 3.63) is 23.8 Å². The lowest BCUT2D eigenvalue weighted by molar-refractivity contribution is -0.131. The molecule has 1 aliphatic heterocycles. The van der Waals surface area contributed by atoms with Gasteiger partial charge in [0.15, 0.2) is 0 Å². The molecule has 1 heterocycles. The average Bonchev–Trinajstić information content (AvgIpc) is 2.17. The first-order valence-corrected chi connectivity index (χ1v) is 6.42. The number of benzene rings is 1. The number of nitrogens with zero attached hydrogens (tertiary/aromatic N) is 1. The number of hydrogen-bond donors (Lipinski definition) is 1. The fourth-order valence-corrected chi connectivity index (χ4v) is 2.44. The number of amides is 1. The Morgan fingerprint density at radius 1 is 1.50 bits per heavy atom. The van der Waals surface area contributed by atoms with E-state index < -0.39 is 0 Å². The summed E-state index contributed by atoms with van der Waals surface area (Å²) in [5, 5.41) is 0. The number of nitrogen functional groups attached to an aromatic ring is 1. The summed E-state index contributed by atoms with van der Waals surface area (Å²) in [6.07, 6.45) is 1.15. The van der Waals surface area contributed by atoms with Crippen LogP contribution in [-0.2, 0) is 4.79 Å². The average molecular weight is 236 g/mol. The molecule has 0 spiro atoms. The molecule has 0 bridgehead atoms. The summed E-state index contributed by atoms with van der Waals surface area (Å²) in [4.78, 5) is 14.6. The number of hydrogen-bond acceptors (Lipinski definition) is 3. The Morgan fingerprint density at radius 3 is 2.81 bits per heavy atom. The molecule has 1 amide bonds. The summed E-state index contributed by atoms with van der Waals surface area (Å²) in [5.74, 6) is 0.773. The number of carbonyl (C=O) groups excluding carboxylic acids is 1. The van der Waals surface area contributed by atoms with Crippen LogP contribution in [0.25, 0.3) is 0 Å². The summed E-state index contributed by atoms with van der Waals surface area (Å²) < 4.78 is 0. The molecule has 2 N–H and O–H groups in total. The second kappa shape index (κ2) is 4.78. The molecule has 0 unspecified atom stereocenters. The maximum absolute atomic E-state index is 11.6. The molecule has 2 rings (SSSR count). The Morgan fingerprint density at radius 2 is 2.25 bits per heavy atom. The zero-order valence-electron chi connectivity index (χ0n) is 9.40. The molecule has 1 fully saturated rings. The van der Waals surface area contributed by atoms with Crippen LogP contribution in [0.3, 0.4) is 0 Å². The van der Waals surface area contributed by atoms with Gasteiger partial charge in [0.1, 0.15) is 0 Å². The minimum Gasteiger partial charge on any atom is -0.399 e. The van der Waals surface area contributed by atoms with E-state index in [0.29, 0.717) is 5.75 Å². The Hall–Kier alpha value is -1.16. The molecule has 3 nitrogen and oxygen atoms in total. The normalized spacial score (nSPS) is 14.7. The van der Waals surface area contributed by atoms with E-state index in [1.807, 2.05) is 30.0 Å². The highest BCUT2D eigenvalue weighted by atomic mass is 32.2. The van der Waals surface area contributed by atoms with Crippen LogP contribution in [0.5, 0.6) is 0 Å². The summed E-state index contributed by atoms with van der Waals surface area (Å²) in [7, 11) is 0. The maximum atomic E-state index is 11.6. The zero-order chi connectivity index (χ0) is 11.5. The molecule has 4 heteroatoms. The lowest BCUT2D eigenvalue weighted by atomic mass is 10.2. The van der Waals surface area contributed by atoms with Gasteiger partial charge in [0.25, 0.3) is 0 Å². The van der Waals surface area contributed by atoms with Crippen molar-refractivity contribution in [1.29, 1.82) is 0 Å². The van der Waals surface area contributed by atoms with Crippen molar-refractivity contribution in [2.75, 3.05) is 24.6 Å². The molecule has 1 aliphatic rings. The zero-order valence-corrected chi connectivity index (χ0v) is 10.2. The third-order valence-electron chi connectivity index (χ3n) is 2.81. The molecule has 0 aliphatic carbocycles. The van der Waals surface area contributed by atoms with Crippen molar-refractivity contribution in [2.45, 2.75) is 18.2 Å². The number of carbonyl (C=O) groups is 1. The highest BCUT2D eigenvalue weighted by Gasteiger charge is 2.19. The largest absolute Gasteiger partial charge is 0.399 e. The topological polar surface area (TPSA) is 46.3 Å². The monoisotopic (exact) mass is 236 g/mol. The Labute approximate surface area is 100.0 Å². The number of aryl methyl sites for hydroxylation is 1. The van der Waals surface area contributed by atoms with Gasteiger partial charge < -0.3 is 10.6 Å². The third kappa shape index (κ3) is 2.50. The van der Waals surface area contributed by atoms with Crippen LogP contribution in [0.2, 0.25) is 0 Å². The summed E-state index contributed by atoms with van der Waals surface area (Å²) in [5.41, 5.74) is 7.61. The molecule has 86 valence electrons. The van der Waals surface area contributed by atoms with E-state index in [-0.39, 0.29) is 5.91 Å². The highest BCUT2D eigenvalue weighted by molar-refractivity contribution is 8.00. The van der Waals surface area contributed by atoms with Crippen LogP contribution in [-0.4, -0.2) is 29.6 Å². The molecule has 0 atom stereocenters. The van der Waals surface area contributed by atoms with Crippen molar-refractivity contribution in [2.24, 2.45) is 0 Å². The van der Waals surface area contributed by atoms with Crippen molar-refractivity contribution < 1.29 is 4.79 Å². The lowest BCUT2D eigenvalue weighted by Gasteiger charge is -2.30. The van der Waals surface area contributed by atoms with Crippen LogP contribution in [0.1, 0.15) is 12.0 Å². The van der Waals surface area contributed by atoms with Crippen molar-refractivity contribution in [3.8, 4) is 0 Å². The van der Waals surface area contributed by atoms with Crippen molar-refractivity contribution in [3.63, 3.8) is 0 Å². The maximum Gasteiger partial charge on any atom is 0.232 e. The smallest absolute Gasteiger partial charge is 0.232 e. The predicted octanol–water partition coefficient (Wildman–Crippen LogP) is 1.90. The SMILES string of the molecule is Cc1cc(SCC(=O)N2CCC2)ccc1N. The van der Waals surface area contributed by atoms with E-state index in [1.54, 1.807) is 11.8 Å². The van der Waals surface area contributed by atoms with Gasteiger partial charge in [-0.1, -0.05) is 0 Å².